The zero-order valence-electron chi connectivity index (χ0n) is 8.29. The van der Waals surface area contributed by atoms with Crippen LogP contribution in [0.2, 0.25) is 5.22 Å². The average molecular weight is 304 g/mol. The van der Waals surface area contributed by atoms with Crippen LogP contribution in [0.4, 0.5) is 4.39 Å². The maximum absolute atomic E-state index is 13.4. The molecular weight excluding hydrogens is 294 g/mol. The first kappa shape index (κ1) is 11.7. The summed E-state index contributed by atoms with van der Waals surface area (Å²) in [5, 5.41) is 0.341. The number of hydrogen-bond acceptors (Lipinski definition) is 1. The minimum absolute atomic E-state index is 0.0723. The first-order valence-corrected chi connectivity index (χ1v) is 6.09. The van der Waals surface area contributed by atoms with Gasteiger partial charge < -0.3 is 4.42 Å². The van der Waals surface area contributed by atoms with Crippen LogP contribution in [-0.2, 0) is 6.42 Å². The average Bonchev–Trinajstić information content (AvgIpc) is 2.68. The van der Waals surface area contributed by atoms with Gasteiger partial charge in [-0.25, -0.2) is 4.39 Å². The first-order chi connectivity index (χ1) is 7.66. The highest BCUT2D eigenvalue weighted by molar-refractivity contribution is 9.09. The Labute approximate surface area is 106 Å². The van der Waals surface area contributed by atoms with Crippen LogP contribution in [0.25, 0.3) is 0 Å². The van der Waals surface area contributed by atoms with E-state index in [0.29, 0.717) is 23.0 Å². The van der Waals surface area contributed by atoms with Crippen molar-refractivity contribution in [2.24, 2.45) is 0 Å². The maximum Gasteiger partial charge on any atom is 0.193 e. The van der Waals surface area contributed by atoms with Crippen molar-refractivity contribution >= 4 is 27.5 Å². The van der Waals surface area contributed by atoms with Gasteiger partial charge in [-0.05, 0) is 41.8 Å². The van der Waals surface area contributed by atoms with Crippen molar-refractivity contribution in [2.75, 3.05) is 0 Å². The molecule has 0 saturated carbocycles. The van der Waals surface area contributed by atoms with Crippen molar-refractivity contribution in [2.45, 2.75) is 11.2 Å². The predicted molar refractivity (Wildman–Crippen MR) is 65.5 cm³/mol. The summed E-state index contributed by atoms with van der Waals surface area (Å²) in [6.45, 7) is 0. The van der Waals surface area contributed by atoms with E-state index < -0.39 is 0 Å². The number of benzene rings is 1. The highest BCUT2D eigenvalue weighted by Gasteiger charge is 2.14. The van der Waals surface area contributed by atoms with E-state index in [2.05, 4.69) is 15.9 Å². The highest BCUT2D eigenvalue weighted by Crippen LogP contribution is 2.30. The third kappa shape index (κ3) is 2.66. The van der Waals surface area contributed by atoms with Gasteiger partial charge in [0.1, 0.15) is 11.6 Å². The summed E-state index contributed by atoms with van der Waals surface area (Å²) in [6, 6.07) is 10.1. The Morgan fingerprint density at radius 1 is 1.25 bits per heavy atom. The summed E-state index contributed by atoms with van der Waals surface area (Å²) in [5.74, 6) is 0.498. The van der Waals surface area contributed by atoms with Crippen LogP contribution in [0.3, 0.4) is 0 Å². The summed E-state index contributed by atoms with van der Waals surface area (Å²) in [4.78, 5) is -0.0723. The Hall–Kier alpha value is -0.800. The van der Waals surface area contributed by atoms with Gasteiger partial charge in [-0.2, -0.15) is 0 Å². The molecule has 0 N–H and O–H groups in total. The fraction of sp³-hybridized carbons (Fsp3) is 0.167. The molecular formula is C12H9BrClFO. The Balaban J connectivity index is 2.13. The molecule has 2 aromatic rings. The number of halogens is 3. The molecule has 0 fully saturated rings. The molecule has 4 heteroatoms. The minimum atomic E-state index is -0.204. The molecule has 1 aromatic heterocycles. The van der Waals surface area contributed by atoms with Gasteiger partial charge in [0, 0.05) is 0 Å². The molecule has 0 spiro atoms. The van der Waals surface area contributed by atoms with Gasteiger partial charge in [-0.3, -0.25) is 0 Å². The Bertz CT molecular complexity index is 483. The molecule has 0 radical (unpaired) electrons. The second-order valence-corrected chi connectivity index (χ2v) is 4.88. The van der Waals surface area contributed by atoms with Gasteiger partial charge >= 0.3 is 0 Å². The summed E-state index contributed by atoms with van der Waals surface area (Å²) in [5.41, 5.74) is 0.650. The van der Waals surface area contributed by atoms with E-state index in [1.165, 1.54) is 6.07 Å². The van der Waals surface area contributed by atoms with Crippen LogP contribution in [0.15, 0.2) is 40.8 Å². The number of furan rings is 1. The topological polar surface area (TPSA) is 13.1 Å². The lowest BCUT2D eigenvalue weighted by Crippen LogP contribution is -1.96. The van der Waals surface area contributed by atoms with E-state index in [-0.39, 0.29) is 10.6 Å². The lowest BCUT2D eigenvalue weighted by molar-refractivity contribution is 0.505. The largest absolute Gasteiger partial charge is 0.449 e. The van der Waals surface area contributed by atoms with E-state index in [4.69, 9.17) is 16.0 Å². The molecule has 1 nitrogen and oxygen atoms in total. The Morgan fingerprint density at radius 3 is 2.62 bits per heavy atom. The van der Waals surface area contributed by atoms with Gasteiger partial charge in [-0.1, -0.05) is 34.1 Å². The van der Waals surface area contributed by atoms with E-state index in [1.54, 1.807) is 24.3 Å². The molecule has 16 heavy (non-hydrogen) atoms. The summed E-state index contributed by atoms with van der Waals surface area (Å²) >= 11 is 9.13. The normalized spacial score (nSPS) is 12.7. The number of hydrogen-bond donors (Lipinski definition) is 0. The van der Waals surface area contributed by atoms with Crippen molar-refractivity contribution in [3.8, 4) is 0 Å². The zero-order valence-corrected chi connectivity index (χ0v) is 10.6. The van der Waals surface area contributed by atoms with Gasteiger partial charge in [-0.15, -0.1) is 0 Å². The molecule has 0 aliphatic rings. The molecule has 84 valence electrons. The molecule has 1 aromatic carbocycles. The van der Waals surface area contributed by atoms with E-state index in [1.807, 2.05) is 6.07 Å². The lowest BCUT2D eigenvalue weighted by atomic mass is 10.1. The van der Waals surface area contributed by atoms with Crippen LogP contribution in [0, 0.1) is 5.82 Å². The van der Waals surface area contributed by atoms with Crippen molar-refractivity contribution in [3.05, 3.63) is 58.8 Å². The van der Waals surface area contributed by atoms with Crippen LogP contribution >= 0.6 is 27.5 Å². The fourth-order valence-electron chi connectivity index (χ4n) is 1.45. The molecule has 2 rings (SSSR count). The SMILES string of the molecule is Fc1ccccc1CC(Br)c1ccc(Cl)o1. The smallest absolute Gasteiger partial charge is 0.193 e. The molecule has 1 atom stereocenters. The lowest BCUT2D eigenvalue weighted by Gasteiger charge is -2.07. The minimum Gasteiger partial charge on any atom is -0.449 e. The van der Waals surface area contributed by atoms with Crippen molar-refractivity contribution in [1.29, 1.82) is 0 Å². The zero-order chi connectivity index (χ0) is 11.5. The molecule has 1 heterocycles. The number of alkyl halides is 1. The van der Waals surface area contributed by atoms with Crippen LogP contribution < -0.4 is 0 Å². The van der Waals surface area contributed by atoms with Crippen LogP contribution in [0.1, 0.15) is 16.2 Å². The maximum atomic E-state index is 13.4. The van der Waals surface area contributed by atoms with Crippen LogP contribution in [0.5, 0.6) is 0 Å². The molecule has 0 bridgehead atoms. The molecule has 0 amide bonds. The highest BCUT2D eigenvalue weighted by atomic mass is 79.9. The third-order valence-corrected chi connectivity index (χ3v) is 3.24. The second-order valence-electron chi connectivity index (χ2n) is 3.40. The summed E-state index contributed by atoms with van der Waals surface area (Å²) in [6.07, 6.45) is 0.524. The van der Waals surface area contributed by atoms with Gasteiger partial charge in [0.25, 0.3) is 0 Å². The predicted octanol–water partition coefficient (Wildman–Crippen LogP) is 4.75. The molecule has 0 saturated heterocycles. The summed E-state index contributed by atoms with van der Waals surface area (Å²) in [7, 11) is 0. The number of rotatable bonds is 3. The van der Waals surface area contributed by atoms with Gasteiger partial charge in [0.15, 0.2) is 5.22 Å². The fourth-order valence-corrected chi connectivity index (χ4v) is 2.20. The quantitative estimate of drug-likeness (QED) is 0.746. The monoisotopic (exact) mass is 302 g/mol. The molecule has 1 unspecified atom stereocenters. The Morgan fingerprint density at radius 2 is 2.00 bits per heavy atom. The van der Waals surface area contributed by atoms with E-state index in [9.17, 15) is 4.39 Å². The summed E-state index contributed by atoms with van der Waals surface area (Å²) < 4.78 is 18.6. The van der Waals surface area contributed by atoms with E-state index in [0.717, 1.165) is 0 Å². The molecule has 0 aliphatic heterocycles. The van der Waals surface area contributed by atoms with Crippen molar-refractivity contribution in [3.63, 3.8) is 0 Å². The molecule has 0 aliphatic carbocycles. The van der Waals surface area contributed by atoms with Gasteiger partial charge in [0.05, 0.1) is 4.83 Å². The standard InChI is InChI=1S/C12H9BrClFO/c13-9(11-5-6-12(14)16-11)7-8-3-1-2-4-10(8)15/h1-6,9H,7H2. The van der Waals surface area contributed by atoms with Gasteiger partial charge in [0.2, 0.25) is 0 Å². The van der Waals surface area contributed by atoms with E-state index >= 15 is 0 Å². The first-order valence-electron chi connectivity index (χ1n) is 4.79. The Kier molecular flexibility index (Phi) is 3.66. The van der Waals surface area contributed by atoms with Crippen molar-refractivity contribution < 1.29 is 8.81 Å². The van der Waals surface area contributed by atoms with Crippen molar-refractivity contribution in [1.82, 2.24) is 0 Å². The second kappa shape index (κ2) is 5.02. The van der Waals surface area contributed by atoms with Crippen LogP contribution in [-0.4, -0.2) is 0 Å². The third-order valence-electron chi connectivity index (χ3n) is 2.26.